The molecule has 2 heterocycles. The molecule has 1 atom stereocenters. The molecule has 1 unspecified atom stereocenters. The Kier molecular flexibility index (Phi) is 4.97. The van der Waals surface area contributed by atoms with Gasteiger partial charge >= 0.3 is 5.97 Å². The SMILES string of the molecule is CCCC(C(=O)OCC)c1nc(-c2ncc(C)cn2)no1. The Balaban J connectivity index is 2.23. The Bertz CT molecular complexity index is 595. The summed E-state index contributed by atoms with van der Waals surface area (Å²) >= 11 is 0. The maximum Gasteiger partial charge on any atom is 0.318 e. The van der Waals surface area contributed by atoms with E-state index < -0.39 is 5.92 Å². The van der Waals surface area contributed by atoms with Gasteiger partial charge in [-0.05, 0) is 25.8 Å². The van der Waals surface area contributed by atoms with Gasteiger partial charge in [-0.2, -0.15) is 4.98 Å². The van der Waals surface area contributed by atoms with Crippen molar-refractivity contribution in [2.24, 2.45) is 0 Å². The molecule has 0 aliphatic carbocycles. The molecule has 0 bridgehead atoms. The van der Waals surface area contributed by atoms with Crippen molar-refractivity contribution in [1.82, 2.24) is 20.1 Å². The number of hydrogen-bond donors (Lipinski definition) is 0. The summed E-state index contributed by atoms with van der Waals surface area (Å²) in [6, 6.07) is 0. The van der Waals surface area contributed by atoms with Crippen LogP contribution in [0.15, 0.2) is 16.9 Å². The Hall–Kier alpha value is -2.31. The van der Waals surface area contributed by atoms with E-state index in [2.05, 4.69) is 20.1 Å². The fourth-order valence-corrected chi connectivity index (χ4v) is 1.85. The van der Waals surface area contributed by atoms with Gasteiger partial charge < -0.3 is 9.26 Å². The van der Waals surface area contributed by atoms with E-state index in [9.17, 15) is 4.79 Å². The van der Waals surface area contributed by atoms with Gasteiger partial charge in [0.1, 0.15) is 5.92 Å². The highest BCUT2D eigenvalue weighted by Crippen LogP contribution is 2.23. The minimum Gasteiger partial charge on any atom is -0.465 e. The Labute approximate surface area is 122 Å². The summed E-state index contributed by atoms with van der Waals surface area (Å²) in [5, 5.41) is 3.84. The van der Waals surface area contributed by atoms with E-state index in [-0.39, 0.29) is 17.7 Å². The van der Waals surface area contributed by atoms with Crippen LogP contribution < -0.4 is 0 Å². The molecule has 0 fully saturated rings. The van der Waals surface area contributed by atoms with Gasteiger partial charge in [0.15, 0.2) is 0 Å². The molecule has 2 aromatic heterocycles. The molecule has 7 nitrogen and oxygen atoms in total. The molecule has 21 heavy (non-hydrogen) atoms. The molecule has 0 aliphatic rings. The van der Waals surface area contributed by atoms with Gasteiger partial charge in [-0.25, -0.2) is 9.97 Å². The van der Waals surface area contributed by atoms with Gasteiger partial charge in [-0.15, -0.1) is 0 Å². The first-order valence-electron chi connectivity index (χ1n) is 6.95. The van der Waals surface area contributed by atoms with Crippen molar-refractivity contribution < 1.29 is 14.1 Å². The lowest BCUT2D eigenvalue weighted by Crippen LogP contribution is -2.16. The minimum absolute atomic E-state index is 0.245. The molecular weight excluding hydrogens is 272 g/mol. The van der Waals surface area contributed by atoms with E-state index in [4.69, 9.17) is 9.26 Å². The van der Waals surface area contributed by atoms with Crippen LogP contribution in [0.2, 0.25) is 0 Å². The molecule has 0 saturated heterocycles. The van der Waals surface area contributed by atoms with E-state index >= 15 is 0 Å². The van der Waals surface area contributed by atoms with Crippen LogP contribution in [-0.4, -0.2) is 32.7 Å². The molecular formula is C14H18N4O3. The van der Waals surface area contributed by atoms with Crippen LogP contribution in [0.5, 0.6) is 0 Å². The van der Waals surface area contributed by atoms with Crippen molar-refractivity contribution in [3.8, 4) is 11.6 Å². The van der Waals surface area contributed by atoms with Crippen molar-refractivity contribution in [1.29, 1.82) is 0 Å². The summed E-state index contributed by atoms with van der Waals surface area (Å²) in [7, 11) is 0. The average molecular weight is 290 g/mol. The molecule has 0 radical (unpaired) electrons. The number of ether oxygens (including phenoxy) is 1. The maximum atomic E-state index is 11.9. The molecule has 0 spiro atoms. The summed E-state index contributed by atoms with van der Waals surface area (Å²) in [5.74, 6) is 0.000562. The number of aryl methyl sites for hydroxylation is 1. The van der Waals surface area contributed by atoms with Crippen molar-refractivity contribution in [3.63, 3.8) is 0 Å². The number of rotatable bonds is 6. The minimum atomic E-state index is -0.540. The first kappa shape index (κ1) is 15.1. The molecule has 7 heteroatoms. The highest BCUT2D eigenvalue weighted by Gasteiger charge is 2.27. The normalized spacial score (nSPS) is 12.1. The van der Waals surface area contributed by atoms with Crippen molar-refractivity contribution in [3.05, 3.63) is 23.8 Å². The lowest BCUT2D eigenvalue weighted by Gasteiger charge is -2.09. The lowest BCUT2D eigenvalue weighted by molar-refractivity contribution is -0.145. The van der Waals surface area contributed by atoms with Gasteiger partial charge in [0.2, 0.25) is 17.5 Å². The third-order valence-electron chi connectivity index (χ3n) is 2.87. The number of aromatic nitrogens is 4. The highest BCUT2D eigenvalue weighted by atomic mass is 16.5. The van der Waals surface area contributed by atoms with E-state index in [1.807, 2.05) is 13.8 Å². The van der Waals surface area contributed by atoms with Gasteiger partial charge in [0.25, 0.3) is 0 Å². The fourth-order valence-electron chi connectivity index (χ4n) is 1.85. The molecule has 112 valence electrons. The second kappa shape index (κ2) is 6.92. The van der Waals surface area contributed by atoms with Crippen molar-refractivity contribution in [2.75, 3.05) is 6.61 Å². The summed E-state index contributed by atoms with van der Waals surface area (Å²) in [4.78, 5) is 24.4. The summed E-state index contributed by atoms with van der Waals surface area (Å²) in [6.45, 7) is 5.96. The monoisotopic (exact) mass is 290 g/mol. The van der Waals surface area contributed by atoms with Crippen LogP contribution in [0, 0.1) is 6.92 Å². The van der Waals surface area contributed by atoms with Crippen molar-refractivity contribution >= 4 is 5.97 Å². The van der Waals surface area contributed by atoms with Crippen LogP contribution in [-0.2, 0) is 9.53 Å². The third kappa shape index (κ3) is 3.62. The second-order valence-electron chi connectivity index (χ2n) is 4.63. The second-order valence-corrected chi connectivity index (χ2v) is 4.63. The quantitative estimate of drug-likeness (QED) is 0.753. The Morgan fingerprint density at radius 3 is 2.62 bits per heavy atom. The zero-order valence-corrected chi connectivity index (χ0v) is 12.4. The molecule has 2 aromatic rings. The zero-order chi connectivity index (χ0) is 15.2. The van der Waals surface area contributed by atoms with Crippen LogP contribution in [0.25, 0.3) is 11.6 Å². The summed E-state index contributed by atoms with van der Waals surface area (Å²) in [5.41, 5.74) is 0.942. The molecule has 0 amide bonds. The molecule has 0 saturated carbocycles. The predicted molar refractivity (Wildman–Crippen MR) is 74.3 cm³/mol. The lowest BCUT2D eigenvalue weighted by atomic mass is 10.0. The Morgan fingerprint density at radius 2 is 2.00 bits per heavy atom. The average Bonchev–Trinajstić information content (AvgIpc) is 2.95. The van der Waals surface area contributed by atoms with Gasteiger partial charge in [-0.3, -0.25) is 4.79 Å². The van der Waals surface area contributed by atoms with E-state index in [0.29, 0.717) is 18.9 Å². The number of esters is 1. The summed E-state index contributed by atoms with van der Waals surface area (Å²) < 4.78 is 10.2. The van der Waals surface area contributed by atoms with Crippen molar-refractivity contribution in [2.45, 2.75) is 39.5 Å². The third-order valence-corrected chi connectivity index (χ3v) is 2.87. The smallest absolute Gasteiger partial charge is 0.318 e. The predicted octanol–water partition coefficient (Wildman–Crippen LogP) is 2.28. The highest BCUT2D eigenvalue weighted by molar-refractivity contribution is 5.76. The standard InChI is InChI=1S/C14H18N4O3/c1-4-6-10(14(19)20-5-2)13-17-12(18-21-13)11-15-7-9(3)8-16-11/h7-8,10H,4-6H2,1-3H3. The molecule has 0 aromatic carbocycles. The fraction of sp³-hybridized carbons (Fsp3) is 0.500. The maximum absolute atomic E-state index is 11.9. The number of nitrogens with zero attached hydrogens (tertiary/aromatic N) is 4. The molecule has 2 rings (SSSR count). The number of hydrogen-bond acceptors (Lipinski definition) is 7. The van der Waals surface area contributed by atoms with E-state index in [0.717, 1.165) is 12.0 Å². The topological polar surface area (TPSA) is 91.0 Å². The number of carbonyl (C=O) groups excluding carboxylic acids is 1. The zero-order valence-electron chi connectivity index (χ0n) is 12.4. The van der Waals surface area contributed by atoms with Crippen LogP contribution in [0.4, 0.5) is 0 Å². The van der Waals surface area contributed by atoms with Crippen LogP contribution in [0.3, 0.4) is 0 Å². The van der Waals surface area contributed by atoms with Gasteiger partial charge in [-0.1, -0.05) is 18.5 Å². The van der Waals surface area contributed by atoms with Crippen LogP contribution >= 0.6 is 0 Å². The van der Waals surface area contributed by atoms with E-state index in [1.165, 1.54) is 0 Å². The Morgan fingerprint density at radius 1 is 1.29 bits per heavy atom. The first-order chi connectivity index (χ1) is 10.2. The van der Waals surface area contributed by atoms with Crippen LogP contribution in [0.1, 0.15) is 44.1 Å². The first-order valence-corrected chi connectivity index (χ1v) is 6.95. The van der Waals surface area contributed by atoms with E-state index in [1.54, 1.807) is 19.3 Å². The number of carbonyl (C=O) groups is 1. The summed E-state index contributed by atoms with van der Waals surface area (Å²) in [6.07, 6.45) is 4.75. The largest absolute Gasteiger partial charge is 0.465 e. The van der Waals surface area contributed by atoms with Gasteiger partial charge in [0.05, 0.1) is 6.61 Å². The van der Waals surface area contributed by atoms with Gasteiger partial charge in [0, 0.05) is 12.4 Å². The molecule has 0 N–H and O–H groups in total. The molecule has 0 aliphatic heterocycles.